The molecule has 1 aliphatic rings. The van der Waals surface area contributed by atoms with Crippen molar-refractivity contribution in [3.63, 3.8) is 0 Å². The summed E-state index contributed by atoms with van der Waals surface area (Å²) in [7, 11) is 0. The van der Waals surface area contributed by atoms with Gasteiger partial charge in [-0.25, -0.2) is 0 Å². The predicted octanol–water partition coefficient (Wildman–Crippen LogP) is 2.57. The first-order chi connectivity index (χ1) is 12.0. The van der Waals surface area contributed by atoms with Gasteiger partial charge in [0.05, 0.1) is 6.04 Å². The van der Waals surface area contributed by atoms with Crippen LogP contribution in [-0.2, 0) is 19.1 Å². The third kappa shape index (κ3) is 6.49. The first-order valence-corrected chi connectivity index (χ1v) is 9.23. The summed E-state index contributed by atoms with van der Waals surface area (Å²) in [6.07, 6.45) is 3.22. The van der Waals surface area contributed by atoms with Gasteiger partial charge in [0.1, 0.15) is 6.54 Å². The number of carbonyl (C=O) groups excluding carboxylic acids is 3. The number of likely N-dealkylation sites (tertiary alicyclic amines) is 1. The van der Waals surface area contributed by atoms with Crippen molar-refractivity contribution in [2.45, 2.75) is 38.6 Å². The van der Waals surface area contributed by atoms with Crippen molar-refractivity contribution in [1.82, 2.24) is 10.2 Å². The van der Waals surface area contributed by atoms with Gasteiger partial charge in [0, 0.05) is 17.4 Å². The second kappa shape index (κ2) is 9.56. The molecule has 6 nitrogen and oxygen atoms in total. The number of ether oxygens (including phenoxy) is 1. The van der Waals surface area contributed by atoms with E-state index in [0.717, 1.165) is 29.3 Å². The van der Waals surface area contributed by atoms with E-state index < -0.39 is 5.97 Å². The number of halogens is 1. The number of nitrogens with one attached hydrogen (secondary N) is 1. The maximum atomic E-state index is 11.9. The number of nitrogens with zero attached hydrogens (tertiary/aromatic N) is 1. The van der Waals surface area contributed by atoms with E-state index in [1.54, 1.807) is 0 Å². The van der Waals surface area contributed by atoms with Gasteiger partial charge in [-0.05, 0) is 37.5 Å². The van der Waals surface area contributed by atoms with Crippen LogP contribution in [0.5, 0.6) is 0 Å². The molecule has 0 aromatic heterocycles. The van der Waals surface area contributed by atoms with Crippen molar-refractivity contribution in [3.8, 4) is 0 Å². The SMILES string of the molecule is C[C@@H](NC(=O)COC(=O)CN1CCCCCC1=O)c1ccc(Br)cc1. The summed E-state index contributed by atoms with van der Waals surface area (Å²) in [5.74, 6) is -0.949. The van der Waals surface area contributed by atoms with E-state index in [9.17, 15) is 14.4 Å². The molecule has 7 heteroatoms. The van der Waals surface area contributed by atoms with Gasteiger partial charge in [0.2, 0.25) is 5.91 Å². The van der Waals surface area contributed by atoms with Gasteiger partial charge in [-0.15, -0.1) is 0 Å². The number of esters is 1. The molecule has 2 amide bonds. The molecule has 0 spiro atoms. The Labute approximate surface area is 156 Å². The van der Waals surface area contributed by atoms with Crippen molar-refractivity contribution in [3.05, 3.63) is 34.3 Å². The average molecular weight is 411 g/mol. The fourth-order valence-corrected chi connectivity index (χ4v) is 2.94. The summed E-state index contributed by atoms with van der Waals surface area (Å²) >= 11 is 3.36. The van der Waals surface area contributed by atoms with Gasteiger partial charge in [-0.3, -0.25) is 14.4 Å². The standard InChI is InChI=1S/C18H23BrN2O4/c1-13(14-6-8-15(19)9-7-14)20-16(22)12-25-18(24)11-21-10-4-2-3-5-17(21)23/h6-9,13H,2-5,10-12H2,1H3,(H,20,22)/t13-/m1/s1. The normalized spacial score (nSPS) is 16.1. The zero-order valence-corrected chi connectivity index (χ0v) is 15.9. The molecular weight excluding hydrogens is 388 g/mol. The number of carbonyl (C=O) groups is 3. The second-order valence-electron chi connectivity index (χ2n) is 6.13. The van der Waals surface area contributed by atoms with Crippen molar-refractivity contribution in [2.24, 2.45) is 0 Å². The van der Waals surface area contributed by atoms with Gasteiger partial charge >= 0.3 is 5.97 Å². The molecule has 0 radical (unpaired) electrons. The van der Waals surface area contributed by atoms with Crippen LogP contribution in [0, 0.1) is 0 Å². The van der Waals surface area contributed by atoms with E-state index in [0.29, 0.717) is 13.0 Å². The predicted molar refractivity (Wildman–Crippen MR) is 96.7 cm³/mol. The van der Waals surface area contributed by atoms with Crippen molar-refractivity contribution in [2.75, 3.05) is 19.7 Å². The Morgan fingerprint density at radius 3 is 2.68 bits per heavy atom. The quantitative estimate of drug-likeness (QED) is 0.731. The molecule has 0 bridgehead atoms. The van der Waals surface area contributed by atoms with Crippen LogP contribution >= 0.6 is 15.9 Å². The third-order valence-electron chi connectivity index (χ3n) is 4.10. The largest absolute Gasteiger partial charge is 0.454 e. The van der Waals surface area contributed by atoms with E-state index in [1.165, 1.54) is 4.90 Å². The summed E-state index contributed by atoms with van der Waals surface area (Å²) in [6.45, 7) is 2.00. The van der Waals surface area contributed by atoms with E-state index in [-0.39, 0.29) is 31.0 Å². The number of benzene rings is 1. The van der Waals surface area contributed by atoms with Crippen molar-refractivity contribution in [1.29, 1.82) is 0 Å². The van der Waals surface area contributed by atoms with E-state index >= 15 is 0 Å². The first-order valence-electron chi connectivity index (χ1n) is 8.44. The molecule has 136 valence electrons. The first kappa shape index (κ1) is 19.4. The molecule has 1 aromatic carbocycles. The molecule has 1 N–H and O–H groups in total. The lowest BCUT2D eigenvalue weighted by Gasteiger charge is -2.19. The molecule has 0 unspecified atom stereocenters. The molecule has 0 aliphatic carbocycles. The number of amides is 2. The Morgan fingerprint density at radius 1 is 1.24 bits per heavy atom. The lowest BCUT2D eigenvalue weighted by Crippen LogP contribution is -2.37. The Morgan fingerprint density at radius 2 is 1.96 bits per heavy atom. The topological polar surface area (TPSA) is 75.7 Å². The molecule has 1 heterocycles. The fraction of sp³-hybridized carbons (Fsp3) is 0.500. The maximum Gasteiger partial charge on any atom is 0.326 e. The van der Waals surface area contributed by atoms with Gasteiger partial charge in [0.15, 0.2) is 6.61 Å². The smallest absolute Gasteiger partial charge is 0.326 e. The highest BCUT2D eigenvalue weighted by Crippen LogP contribution is 2.16. The summed E-state index contributed by atoms with van der Waals surface area (Å²) < 4.78 is 5.96. The van der Waals surface area contributed by atoms with Crippen molar-refractivity contribution >= 4 is 33.7 Å². The summed E-state index contributed by atoms with van der Waals surface area (Å²) in [5.41, 5.74) is 0.957. The number of hydrogen-bond acceptors (Lipinski definition) is 4. The lowest BCUT2D eigenvalue weighted by atomic mass is 10.1. The van der Waals surface area contributed by atoms with Gasteiger partial charge in [-0.1, -0.05) is 34.5 Å². The van der Waals surface area contributed by atoms with Crippen LogP contribution in [0.3, 0.4) is 0 Å². The maximum absolute atomic E-state index is 11.9. The van der Waals surface area contributed by atoms with Gasteiger partial charge < -0.3 is 15.0 Å². The highest BCUT2D eigenvalue weighted by atomic mass is 79.9. The van der Waals surface area contributed by atoms with Crippen LogP contribution in [0.25, 0.3) is 0 Å². The van der Waals surface area contributed by atoms with Crippen LogP contribution in [0.4, 0.5) is 0 Å². The van der Waals surface area contributed by atoms with E-state index in [2.05, 4.69) is 21.2 Å². The van der Waals surface area contributed by atoms with Gasteiger partial charge in [0.25, 0.3) is 5.91 Å². The molecular formula is C18H23BrN2O4. The molecule has 1 saturated heterocycles. The number of rotatable bonds is 6. The Kier molecular flexibility index (Phi) is 7.43. The van der Waals surface area contributed by atoms with E-state index in [4.69, 9.17) is 4.74 Å². The Hall–Kier alpha value is -1.89. The second-order valence-corrected chi connectivity index (χ2v) is 7.04. The summed E-state index contributed by atoms with van der Waals surface area (Å²) in [4.78, 5) is 37.2. The van der Waals surface area contributed by atoms with E-state index in [1.807, 2.05) is 31.2 Å². The highest BCUT2D eigenvalue weighted by Gasteiger charge is 2.20. The minimum atomic E-state index is -0.554. The number of hydrogen-bond donors (Lipinski definition) is 1. The van der Waals surface area contributed by atoms with Crippen LogP contribution in [0.1, 0.15) is 44.2 Å². The van der Waals surface area contributed by atoms with Crippen LogP contribution in [-0.4, -0.2) is 42.4 Å². The molecule has 25 heavy (non-hydrogen) atoms. The van der Waals surface area contributed by atoms with Crippen LogP contribution in [0.15, 0.2) is 28.7 Å². The molecule has 1 fully saturated rings. The monoisotopic (exact) mass is 410 g/mol. The van der Waals surface area contributed by atoms with Gasteiger partial charge in [-0.2, -0.15) is 0 Å². The zero-order valence-electron chi connectivity index (χ0n) is 14.3. The molecule has 1 aliphatic heterocycles. The molecule has 0 saturated carbocycles. The van der Waals surface area contributed by atoms with Crippen molar-refractivity contribution < 1.29 is 19.1 Å². The Balaban J connectivity index is 1.74. The summed E-state index contributed by atoms with van der Waals surface area (Å²) in [5, 5.41) is 2.78. The minimum absolute atomic E-state index is 0.0252. The third-order valence-corrected chi connectivity index (χ3v) is 4.63. The van der Waals surface area contributed by atoms with Crippen LogP contribution in [0.2, 0.25) is 0 Å². The molecule has 1 atom stereocenters. The lowest BCUT2D eigenvalue weighted by molar-refractivity contribution is -0.152. The highest BCUT2D eigenvalue weighted by molar-refractivity contribution is 9.10. The summed E-state index contributed by atoms with van der Waals surface area (Å²) in [6, 6.07) is 7.43. The van der Waals surface area contributed by atoms with Crippen LogP contribution < -0.4 is 5.32 Å². The fourth-order valence-electron chi connectivity index (χ4n) is 2.67. The average Bonchev–Trinajstić information content (AvgIpc) is 2.78. The minimum Gasteiger partial charge on any atom is -0.454 e. The molecule has 2 rings (SSSR count). The molecule has 1 aromatic rings. The Bertz CT molecular complexity index is 618. The zero-order chi connectivity index (χ0) is 18.2.